The summed E-state index contributed by atoms with van der Waals surface area (Å²) in [5.74, 6) is -0.632. The molecule has 6 nitrogen and oxygen atoms in total. The van der Waals surface area contributed by atoms with E-state index in [1.54, 1.807) is 36.4 Å². The Bertz CT molecular complexity index is 968. The van der Waals surface area contributed by atoms with Crippen LogP contribution in [0.25, 0.3) is 0 Å². The summed E-state index contributed by atoms with van der Waals surface area (Å²) in [6, 6.07) is 11.8. The lowest BCUT2D eigenvalue weighted by Crippen LogP contribution is -2.03. The van der Waals surface area contributed by atoms with Crippen molar-refractivity contribution in [2.24, 2.45) is 10.7 Å². The van der Waals surface area contributed by atoms with Crippen molar-refractivity contribution in [2.75, 3.05) is 7.11 Å². The summed E-state index contributed by atoms with van der Waals surface area (Å²) in [7, 11) is 1.35. The zero-order chi connectivity index (χ0) is 21.9. The number of ether oxygens (including phenoxy) is 1. The summed E-state index contributed by atoms with van der Waals surface area (Å²) >= 11 is -2.32. The van der Waals surface area contributed by atoms with Crippen molar-refractivity contribution in [3.05, 3.63) is 83.8 Å². The summed E-state index contributed by atoms with van der Waals surface area (Å²) < 4.78 is 39.9. The van der Waals surface area contributed by atoms with Gasteiger partial charge in [-0.1, -0.05) is 6.08 Å². The van der Waals surface area contributed by atoms with Gasteiger partial charge in [-0.05, 0) is 84.6 Å². The molecule has 0 amide bonds. The Morgan fingerprint density at radius 3 is 2.47 bits per heavy atom. The van der Waals surface area contributed by atoms with Crippen molar-refractivity contribution in [3.8, 4) is 0 Å². The lowest BCUT2D eigenvalue weighted by atomic mass is 10.1. The van der Waals surface area contributed by atoms with Gasteiger partial charge in [-0.3, -0.25) is 9.00 Å². The van der Waals surface area contributed by atoms with Crippen molar-refractivity contribution >= 4 is 28.4 Å². The number of hydrogen-bond acceptors (Lipinski definition) is 6. The number of esters is 1. The van der Waals surface area contributed by atoms with Gasteiger partial charge in [-0.25, -0.2) is 9.38 Å². The van der Waals surface area contributed by atoms with E-state index in [0.717, 1.165) is 0 Å². The Hall–Kier alpha value is -3.10. The van der Waals surface area contributed by atoms with E-state index >= 15 is 0 Å². The molecule has 2 rings (SSSR count). The van der Waals surface area contributed by atoms with E-state index in [1.165, 1.54) is 31.4 Å². The minimum absolute atomic E-state index is 0.155. The first-order chi connectivity index (χ1) is 14.4. The van der Waals surface area contributed by atoms with Gasteiger partial charge in [0.25, 0.3) is 0 Å². The van der Waals surface area contributed by atoms with Crippen LogP contribution >= 0.6 is 0 Å². The number of hydrogen-bond donors (Lipinski definition) is 1. The van der Waals surface area contributed by atoms with Gasteiger partial charge in [0, 0.05) is 22.6 Å². The summed E-state index contributed by atoms with van der Waals surface area (Å²) in [6.07, 6.45) is 6.82. The number of nitrogens with zero attached hydrogens (tertiary/aromatic N) is 1. The lowest BCUT2D eigenvalue weighted by molar-refractivity contribution is -0.140. The summed E-state index contributed by atoms with van der Waals surface area (Å²) in [6.45, 7) is 0. The topological polar surface area (TPSA) is 105 Å². The number of methoxy groups -OCH3 is 1. The monoisotopic (exact) mass is 429 g/mol. The van der Waals surface area contributed by atoms with Gasteiger partial charge < -0.3 is 15.0 Å². The van der Waals surface area contributed by atoms with Crippen LogP contribution in [0.15, 0.2) is 82.3 Å². The van der Waals surface area contributed by atoms with Crippen molar-refractivity contribution in [1.82, 2.24) is 0 Å². The molecule has 0 bridgehead atoms. The standard InChI is InChI=1S/C22H23FN2O4S/c1-29-22(26)6-4-2-3-5-18(24)15-21(16-7-9-17(23)10-8-16)25-19-11-13-20(14-12-19)30(27)28/h3,5,7-15H,2,4,6,24H2,1H3,(H,27,28)/p-1/b5-3+,18-15-,25-21?. The number of allylic oxidation sites excluding steroid dienone is 3. The van der Waals surface area contributed by atoms with Gasteiger partial charge in [0.1, 0.15) is 5.82 Å². The van der Waals surface area contributed by atoms with Crippen LogP contribution in [0.2, 0.25) is 0 Å². The number of carbonyl (C=O) groups excluding carboxylic acids is 1. The summed E-state index contributed by atoms with van der Waals surface area (Å²) in [4.78, 5) is 15.8. The number of benzene rings is 2. The SMILES string of the molecule is COC(=O)CCC/C=C/C(N)=C/C(=Nc1ccc(S(=O)[O-])cc1)c1ccc(F)cc1. The Morgan fingerprint density at radius 1 is 1.20 bits per heavy atom. The lowest BCUT2D eigenvalue weighted by Gasteiger charge is -2.06. The molecular formula is C22H22FN2O4S-. The molecule has 0 aliphatic rings. The summed E-state index contributed by atoms with van der Waals surface area (Å²) in [5, 5.41) is 0. The minimum Gasteiger partial charge on any atom is -0.768 e. The predicted octanol–water partition coefficient (Wildman–Crippen LogP) is 3.93. The first-order valence-electron chi connectivity index (χ1n) is 9.13. The van der Waals surface area contributed by atoms with E-state index in [0.29, 0.717) is 41.9 Å². The maximum Gasteiger partial charge on any atom is 0.305 e. The van der Waals surface area contributed by atoms with Crippen molar-refractivity contribution in [2.45, 2.75) is 24.2 Å². The highest BCUT2D eigenvalue weighted by Crippen LogP contribution is 2.18. The molecule has 2 aromatic rings. The van der Waals surface area contributed by atoms with Crippen LogP contribution in [-0.4, -0.2) is 27.6 Å². The van der Waals surface area contributed by atoms with Gasteiger partial charge in [0.15, 0.2) is 0 Å². The fourth-order valence-corrected chi connectivity index (χ4v) is 2.82. The average Bonchev–Trinajstić information content (AvgIpc) is 2.73. The zero-order valence-corrected chi connectivity index (χ0v) is 17.2. The first kappa shape index (κ1) is 23.2. The molecule has 8 heteroatoms. The van der Waals surface area contributed by atoms with Crippen molar-refractivity contribution in [3.63, 3.8) is 0 Å². The number of unbranched alkanes of at least 4 members (excludes halogenated alkanes) is 1. The number of rotatable bonds is 9. The molecule has 1 unspecified atom stereocenters. The van der Waals surface area contributed by atoms with Crippen LogP contribution < -0.4 is 5.73 Å². The molecule has 2 aromatic carbocycles. The smallest absolute Gasteiger partial charge is 0.305 e. The molecule has 0 fully saturated rings. The average molecular weight is 429 g/mol. The third-order valence-corrected chi connectivity index (χ3v) is 4.67. The summed E-state index contributed by atoms with van der Waals surface area (Å²) in [5.41, 5.74) is 8.16. The Labute approximate surface area is 177 Å². The second kappa shape index (κ2) is 11.8. The van der Waals surface area contributed by atoms with E-state index in [4.69, 9.17) is 5.73 Å². The normalized spacial score (nSPS) is 13.4. The number of aliphatic imine (C=N–C) groups is 1. The van der Waals surface area contributed by atoms with Crippen molar-refractivity contribution in [1.29, 1.82) is 0 Å². The molecule has 1 atom stereocenters. The fraction of sp³-hybridized carbons (Fsp3) is 0.182. The van der Waals surface area contributed by atoms with Crippen LogP contribution in [0.3, 0.4) is 0 Å². The molecule has 0 saturated carbocycles. The van der Waals surface area contributed by atoms with E-state index < -0.39 is 11.1 Å². The molecule has 0 spiro atoms. The second-order valence-corrected chi connectivity index (χ2v) is 7.19. The quantitative estimate of drug-likeness (QED) is 0.214. The molecule has 0 aromatic heterocycles. The molecule has 158 valence electrons. The van der Waals surface area contributed by atoms with Gasteiger partial charge in [0.05, 0.1) is 18.5 Å². The third-order valence-electron chi connectivity index (χ3n) is 4.01. The van der Waals surface area contributed by atoms with Crippen molar-refractivity contribution < 1.29 is 22.7 Å². The largest absolute Gasteiger partial charge is 0.768 e. The highest BCUT2D eigenvalue weighted by Gasteiger charge is 2.04. The molecule has 30 heavy (non-hydrogen) atoms. The first-order valence-corrected chi connectivity index (χ1v) is 10.2. The van der Waals surface area contributed by atoms with E-state index in [2.05, 4.69) is 9.73 Å². The highest BCUT2D eigenvalue weighted by molar-refractivity contribution is 7.79. The third kappa shape index (κ3) is 7.73. The van der Waals surface area contributed by atoms with Gasteiger partial charge in [0.2, 0.25) is 0 Å². The maximum absolute atomic E-state index is 13.3. The van der Waals surface area contributed by atoms with Gasteiger partial charge in [-0.2, -0.15) is 0 Å². The zero-order valence-electron chi connectivity index (χ0n) is 16.4. The Balaban J connectivity index is 2.23. The Kier molecular flexibility index (Phi) is 9.11. The molecule has 0 saturated heterocycles. The molecule has 2 N–H and O–H groups in total. The van der Waals surface area contributed by atoms with Crippen LogP contribution in [0.1, 0.15) is 24.8 Å². The van der Waals surface area contributed by atoms with Crippen LogP contribution in [0.4, 0.5) is 10.1 Å². The van der Waals surface area contributed by atoms with Crippen LogP contribution in [0.5, 0.6) is 0 Å². The minimum atomic E-state index is -2.32. The van der Waals surface area contributed by atoms with Gasteiger partial charge >= 0.3 is 5.97 Å². The number of nitrogens with two attached hydrogens (primary N) is 1. The second-order valence-electron chi connectivity index (χ2n) is 6.25. The molecular weight excluding hydrogens is 407 g/mol. The fourth-order valence-electron chi connectivity index (χ4n) is 2.46. The van der Waals surface area contributed by atoms with Crippen LogP contribution in [-0.2, 0) is 20.6 Å². The predicted molar refractivity (Wildman–Crippen MR) is 114 cm³/mol. The van der Waals surface area contributed by atoms with E-state index in [9.17, 15) is 17.9 Å². The highest BCUT2D eigenvalue weighted by atomic mass is 32.2. The molecule has 0 heterocycles. The maximum atomic E-state index is 13.3. The Morgan fingerprint density at radius 2 is 1.87 bits per heavy atom. The molecule has 0 aliphatic carbocycles. The van der Waals surface area contributed by atoms with E-state index in [1.807, 2.05) is 6.08 Å². The van der Waals surface area contributed by atoms with E-state index in [-0.39, 0.29) is 16.7 Å². The van der Waals surface area contributed by atoms with Crippen LogP contribution in [0, 0.1) is 5.82 Å². The molecule has 0 radical (unpaired) electrons. The number of carbonyl (C=O) groups is 1. The van der Waals surface area contributed by atoms with Gasteiger partial charge in [-0.15, -0.1) is 0 Å². The molecule has 0 aliphatic heterocycles. The number of halogens is 1.